The standard InChI is InChI=1S/C9H16N2S/c10-8-2-1-5-11(6-9(8)12)7-3-4-7/h7-8H,1-6,10H2/t8-/m0/s1. The van der Waals surface area contributed by atoms with Crippen LogP contribution in [0.15, 0.2) is 0 Å². The lowest BCUT2D eigenvalue weighted by Gasteiger charge is -2.19. The lowest BCUT2D eigenvalue weighted by atomic mass is 10.1. The summed E-state index contributed by atoms with van der Waals surface area (Å²) in [6.45, 7) is 2.18. The maximum absolute atomic E-state index is 5.89. The van der Waals surface area contributed by atoms with Gasteiger partial charge in [0, 0.05) is 23.5 Å². The minimum Gasteiger partial charge on any atom is -0.323 e. The van der Waals surface area contributed by atoms with Crippen molar-refractivity contribution in [2.24, 2.45) is 5.73 Å². The molecule has 0 bridgehead atoms. The summed E-state index contributed by atoms with van der Waals surface area (Å²) in [6.07, 6.45) is 5.05. The molecule has 2 aliphatic rings. The van der Waals surface area contributed by atoms with Crippen molar-refractivity contribution in [1.29, 1.82) is 0 Å². The highest BCUT2D eigenvalue weighted by atomic mass is 32.1. The summed E-state index contributed by atoms with van der Waals surface area (Å²) in [5.74, 6) is 0. The molecule has 1 heterocycles. The van der Waals surface area contributed by atoms with Gasteiger partial charge < -0.3 is 5.73 Å². The van der Waals surface area contributed by atoms with Crippen LogP contribution in [0.4, 0.5) is 0 Å². The lowest BCUT2D eigenvalue weighted by molar-refractivity contribution is 0.304. The summed E-state index contributed by atoms with van der Waals surface area (Å²) in [5, 5.41) is 0. The first-order valence-electron chi connectivity index (χ1n) is 4.80. The highest BCUT2D eigenvalue weighted by Gasteiger charge is 2.31. The van der Waals surface area contributed by atoms with E-state index in [1.807, 2.05) is 0 Å². The number of hydrogen-bond donors (Lipinski definition) is 1. The third-order valence-corrected chi connectivity index (χ3v) is 3.23. The first kappa shape index (κ1) is 8.60. The number of nitrogens with two attached hydrogens (primary N) is 1. The van der Waals surface area contributed by atoms with Gasteiger partial charge >= 0.3 is 0 Å². The first-order valence-corrected chi connectivity index (χ1v) is 5.20. The quantitative estimate of drug-likeness (QED) is 0.615. The van der Waals surface area contributed by atoms with E-state index in [2.05, 4.69) is 4.90 Å². The maximum Gasteiger partial charge on any atom is 0.0372 e. The van der Waals surface area contributed by atoms with E-state index in [0.717, 1.165) is 23.9 Å². The molecular weight excluding hydrogens is 168 g/mol. The first-order chi connectivity index (χ1) is 5.77. The zero-order valence-corrected chi connectivity index (χ0v) is 8.15. The van der Waals surface area contributed by atoms with Gasteiger partial charge in [-0.15, -0.1) is 0 Å². The van der Waals surface area contributed by atoms with E-state index in [-0.39, 0.29) is 6.04 Å². The summed E-state index contributed by atoms with van der Waals surface area (Å²) in [4.78, 5) is 3.58. The van der Waals surface area contributed by atoms with E-state index < -0.39 is 0 Å². The van der Waals surface area contributed by atoms with Gasteiger partial charge in [0.2, 0.25) is 0 Å². The molecule has 1 aliphatic heterocycles. The Labute approximate surface area is 79.1 Å². The molecule has 1 saturated heterocycles. The van der Waals surface area contributed by atoms with Crippen molar-refractivity contribution in [3.05, 3.63) is 0 Å². The van der Waals surface area contributed by atoms with Crippen LogP contribution in [0, 0.1) is 0 Å². The Morgan fingerprint density at radius 2 is 2.08 bits per heavy atom. The van der Waals surface area contributed by atoms with Crippen LogP contribution < -0.4 is 5.73 Å². The van der Waals surface area contributed by atoms with Gasteiger partial charge in [0.1, 0.15) is 0 Å². The zero-order valence-electron chi connectivity index (χ0n) is 7.33. The minimum atomic E-state index is 0.184. The average molecular weight is 184 g/mol. The molecule has 0 aromatic rings. The fraction of sp³-hybridized carbons (Fsp3) is 0.889. The average Bonchev–Trinajstić information content (AvgIpc) is 2.82. The largest absolute Gasteiger partial charge is 0.323 e. The molecule has 2 nitrogen and oxygen atoms in total. The highest BCUT2D eigenvalue weighted by molar-refractivity contribution is 7.80. The van der Waals surface area contributed by atoms with Crippen LogP contribution in [-0.2, 0) is 0 Å². The molecule has 0 aromatic heterocycles. The van der Waals surface area contributed by atoms with Gasteiger partial charge in [-0.05, 0) is 32.2 Å². The number of hydrogen-bond acceptors (Lipinski definition) is 3. The fourth-order valence-corrected chi connectivity index (χ4v) is 2.11. The summed E-state index contributed by atoms with van der Waals surface area (Å²) in [5.41, 5.74) is 5.89. The van der Waals surface area contributed by atoms with Gasteiger partial charge in [0.05, 0.1) is 0 Å². The van der Waals surface area contributed by atoms with Gasteiger partial charge in [-0.3, -0.25) is 4.90 Å². The van der Waals surface area contributed by atoms with Crippen molar-refractivity contribution in [2.45, 2.75) is 37.8 Å². The van der Waals surface area contributed by atoms with Crippen LogP contribution in [0.5, 0.6) is 0 Å². The Morgan fingerprint density at radius 1 is 1.33 bits per heavy atom. The molecule has 1 saturated carbocycles. The van der Waals surface area contributed by atoms with E-state index in [9.17, 15) is 0 Å². The monoisotopic (exact) mass is 184 g/mol. The Morgan fingerprint density at radius 3 is 2.75 bits per heavy atom. The summed E-state index contributed by atoms with van der Waals surface area (Å²) in [6, 6.07) is 1.02. The Kier molecular flexibility index (Phi) is 2.44. The van der Waals surface area contributed by atoms with Gasteiger partial charge in [0.25, 0.3) is 0 Å². The van der Waals surface area contributed by atoms with Crippen LogP contribution in [0.2, 0.25) is 0 Å². The third kappa shape index (κ3) is 1.84. The van der Waals surface area contributed by atoms with Crippen molar-refractivity contribution in [2.75, 3.05) is 13.1 Å². The minimum absolute atomic E-state index is 0.184. The Balaban J connectivity index is 1.95. The van der Waals surface area contributed by atoms with E-state index in [4.69, 9.17) is 18.0 Å². The van der Waals surface area contributed by atoms with Crippen molar-refractivity contribution in [3.63, 3.8) is 0 Å². The summed E-state index contributed by atoms with van der Waals surface area (Å²) >= 11 is 5.27. The van der Waals surface area contributed by atoms with Crippen molar-refractivity contribution in [3.8, 4) is 0 Å². The molecule has 0 amide bonds. The molecular formula is C9H16N2S. The summed E-state index contributed by atoms with van der Waals surface area (Å²) < 4.78 is 0. The van der Waals surface area contributed by atoms with Crippen LogP contribution in [0.3, 0.4) is 0 Å². The fourth-order valence-electron chi connectivity index (χ4n) is 1.82. The lowest BCUT2D eigenvalue weighted by Crippen LogP contribution is -2.36. The molecule has 3 heteroatoms. The van der Waals surface area contributed by atoms with Crippen LogP contribution in [0.25, 0.3) is 0 Å². The molecule has 1 atom stereocenters. The molecule has 1 aliphatic carbocycles. The molecule has 0 aromatic carbocycles. The second kappa shape index (κ2) is 3.40. The normalized spacial score (nSPS) is 33.4. The molecule has 2 rings (SSSR count). The Bertz CT molecular complexity index is 189. The third-order valence-electron chi connectivity index (χ3n) is 2.80. The number of nitrogens with zero attached hydrogens (tertiary/aromatic N) is 1. The van der Waals surface area contributed by atoms with Gasteiger partial charge in [-0.25, -0.2) is 0 Å². The number of thiocarbonyl (C=S) groups is 1. The molecule has 2 fully saturated rings. The molecule has 0 spiro atoms. The van der Waals surface area contributed by atoms with E-state index in [0.29, 0.717) is 0 Å². The van der Waals surface area contributed by atoms with Crippen LogP contribution in [-0.4, -0.2) is 34.9 Å². The smallest absolute Gasteiger partial charge is 0.0372 e. The predicted molar refractivity (Wildman–Crippen MR) is 54.4 cm³/mol. The molecule has 2 N–H and O–H groups in total. The molecule has 68 valence electrons. The Hall–Kier alpha value is 0.01000. The number of rotatable bonds is 1. The van der Waals surface area contributed by atoms with Crippen molar-refractivity contribution >= 4 is 17.1 Å². The van der Waals surface area contributed by atoms with Gasteiger partial charge in [0.15, 0.2) is 0 Å². The van der Waals surface area contributed by atoms with Crippen LogP contribution in [0.1, 0.15) is 25.7 Å². The summed E-state index contributed by atoms with van der Waals surface area (Å²) in [7, 11) is 0. The van der Waals surface area contributed by atoms with Gasteiger partial charge in [-0.2, -0.15) is 0 Å². The van der Waals surface area contributed by atoms with Gasteiger partial charge in [-0.1, -0.05) is 12.2 Å². The molecule has 0 radical (unpaired) electrons. The topological polar surface area (TPSA) is 29.3 Å². The SMILES string of the molecule is N[C@H]1CCCN(C2CC2)CC1=S. The highest BCUT2D eigenvalue weighted by Crippen LogP contribution is 2.28. The van der Waals surface area contributed by atoms with E-state index >= 15 is 0 Å². The van der Waals surface area contributed by atoms with Crippen molar-refractivity contribution in [1.82, 2.24) is 4.90 Å². The predicted octanol–water partition coefficient (Wildman–Crippen LogP) is 0.942. The van der Waals surface area contributed by atoms with Crippen molar-refractivity contribution < 1.29 is 0 Å². The van der Waals surface area contributed by atoms with E-state index in [1.165, 1.54) is 25.8 Å². The molecule has 0 unspecified atom stereocenters. The van der Waals surface area contributed by atoms with E-state index in [1.54, 1.807) is 0 Å². The second-order valence-corrected chi connectivity index (χ2v) is 4.44. The maximum atomic E-state index is 5.89. The second-order valence-electron chi connectivity index (χ2n) is 3.92. The number of likely N-dealkylation sites (tertiary alicyclic amines) is 1. The van der Waals surface area contributed by atoms with Crippen LogP contribution >= 0.6 is 12.2 Å². The zero-order chi connectivity index (χ0) is 8.55. The molecule has 12 heavy (non-hydrogen) atoms.